The van der Waals surface area contributed by atoms with Gasteiger partial charge in [-0.25, -0.2) is 13.4 Å². The summed E-state index contributed by atoms with van der Waals surface area (Å²) in [6.07, 6.45) is 1.18. The third-order valence-electron chi connectivity index (χ3n) is 3.50. The highest BCUT2D eigenvalue weighted by Gasteiger charge is 2.16. The largest absolute Gasteiger partial charge is 0.454 e. The molecule has 0 aliphatic carbocycles. The van der Waals surface area contributed by atoms with E-state index < -0.39 is 9.84 Å². The van der Waals surface area contributed by atoms with Crippen molar-refractivity contribution in [2.45, 2.75) is 4.90 Å². The Labute approximate surface area is 132 Å². The van der Waals surface area contributed by atoms with Crippen molar-refractivity contribution in [2.75, 3.05) is 18.4 Å². The Morgan fingerprint density at radius 1 is 1.17 bits per heavy atom. The van der Waals surface area contributed by atoms with Gasteiger partial charge in [-0.15, -0.1) is 0 Å². The second-order valence-corrected chi connectivity index (χ2v) is 7.25. The van der Waals surface area contributed by atoms with Crippen molar-refractivity contribution in [2.24, 2.45) is 0 Å². The maximum absolute atomic E-state index is 11.6. The summed E-state index contributed by atoms with van der Waals surface area (Å²) in [5.74, 6) is 1.84. The number of ether oxygens (including phenoxy) is 2. The maximum Gasteiger partial charge on any atom is 0.231 e. The van der Waals surface area contributed by atoms with Gasteiger partial charge in [0.05, 0.1) is 15.9 Å². The molecule has 1 aliphatic heterocycles. The number of nitrogens with one attached hydrogen (secondary N) is 2. The molecule has 23 heavy (non-hydrogen) atoms. The van der Waals surface area contributed by atoms with Crippen molar-refractivity contribution in [1.82, 2.24) is 9.97 Å². The van der Waals surface area contributed by atoms with E-state index in [-0.39, 0.29) is 11.7 Å². The Balaban J connectivity index is 1.68. The lowest BCUT2D eigenvalue weighted by atomic mass is 10.3. The molecule has 2 heterocycles. The van der Waals surface area contributed by atoms with Crippen molar-refractivity contribution >= 4 is 32.5 Å². The normalized spacial score (nSPS) is 13.4. The average molecular weight is 331 g/mol. The Hall–Kier alpha value is -2.74. The minimum Gasteiger partial charge on any atom is -0.454 e. The first-order valence-electron chi connectivity index (χ1n) is 6.85. The van der Waals surface area contributed by atoms with Gasteiger partial charge in [0, 0.05) is 24.1 Å². The smallest absolute Gasteiger partial charge is 0.231 e. The standard InChI is InChI=1S/C15H13N3O4S/c1-23(19,20)10-4-2-3-9(5-10)16-15-17-11-6-13-14(22-8-21-13)7-12(11)18-15/h2-7H,8H2,1H3,(H2,16,17,18). The quantitative estimate of drug-likeness (QED) is 0.766. The Morgan fingerprint density at radius 2 is 1.96 bits per heavy atom. The van der Waals surface area contributed by atoms with Crippen LogP contribution in [0.2, 0.25) is 0 Å². The monoisotopic (exact) mass is 331 g/mol. The molecule has 0 bridgehead atoms. The minimum absolute atomic E-state index is 0.214. The number of H-pyrrole nitrogens is 1. The Morgan fingerprint density at radius 3 is 2.74 bits per heavy atom. The van der Waals surface area contributed by atoms with Crippen molar-refractivity contribution < 1.29 is 17.9 Å². The van der Waals surface area contributed by atoms with Crippen molar-refractivity contribution in [1.29, 1.82) is 0 Å². The molecule has 7 nitrogen and oxygen atoms in total. The third kappa shape index (κ3) is 2.57. The van der Waals surface area contributed by atoms with Crippen molar-refractivity contribution in [3.8, 4) is 11.5 Å². The van der Waals surface area contributed by atoms with E-state index in [2.05, 4.69) is 15.3 Å². The average Bonchev–Trinajstić information content (AvgIpc) is 3.09. The van der Waals surface area contributed by atoms with Crippen molar-refractivity contribution in [3.63, 3.8) is 0 Å². The number of hydrogen-bond acceptors (Lipinski definition) is 6. The molecule has 3 aromatic rings. The van der Waals surface area contributed by atoms with Gasteiger partial charge in [-0.05, 0) is 18.2 Å². The van der Waals surface area contributed by atoms with Crippen LogP contribution in [-0.4, -0.2) is 31.4 Å². The number of aromatic amines is 1. The van der Waals surface area contributed by atoms with Gasteiger partial charge >= 0.3 is 0 Å². The predicted molar refractivity (Wildman–Crippen MR) is 85.1 cm³/mol. The molecule has 2 N–H and O–H groups in total. The summed E-state index contributed by atoms with van der Waals surface area (Å²) in [6, 6.07) is 10.2. The van der Waals surface area contributed by atoms with Gasteiger partial charge in [0.1, 0.15) is 0 Å². The summed E-state index contributed by atoms with van der Waals surface area (Å²) < 4.78 is 33.9. The lowest BCUT2D eigenvalue weighted by Crippen LogP contribution is -1.99. The maximum atomic E-state index is 11.6. The van der Waals surface area contributed by atoms with Crippen LogP contribution in [-0.2, 0) is 9.84 Å². The van der Waals surface area contributed by atoms with Crippen LogP contribution in [0.15, 0.2) is 41.3 Å². The molecule has 0 unspecified atom stereocenters. The highest BCUT2D eigenvalue weighted by molar-refractivity contribution is 7.90. The molecule has 8 heteroatoms. The number of hydrogen-bond donors (Lipinski definition) is 2. The number of rotatable bonds is 3. The molecule has 0 fully saturated rings. The number of nitrogens with zero attached hydrogens (tertiary/aromatic N) is 1. The first-order valence-corrected chi connectivity index (χ1v) is 8.75. The second kappa shape index (κ2) is 4.88. The van der Waals surface area contributed by atoms with Crippen LogP contribution in [0.1, 0.15) is 0 Å². The van der Waals surface area contributed by atoms with Gasteiger partial charge < -0.3 is 19.8 Å². The van der Waals surface area contributed by atoms with E-state index in [1.54, 1.807) is 30.3 Å². The zero-order valence-electron chi connectivity index (χ0n) is 12.2. The lowest BCUT2D eigenvalue weighted by molar-refractivity contribution is 0.174. The molecule has 1 aliphatic rings. The molecule has 2 aromatic carbocycles. The zero-order chi connectivity index (χ0) is 16.0. The van der Waals surface area contributed by atoms with E-state index in [0.717, 1.165) is 11.0 Å². The molecule has 0 saturated carbocycles. The summed E-state index contributed by atoms with van der Waals surface area (Å²) in [4.78, 5) is 7.80. The zero-order valence-corrected chi connectivity index (χ0v) is 13.0. The molecule has 1 aromatic heterocycles. The molecular formula is C15H13N3O4S. The van der Waals surface area contributed by atoms with Crippen LogP contribution in [0.4, 0.5) is 11.6 Å². The summed E-state index contributed by atoms with van der Waals surface area (Å²) in [5, 5.41) is 3.07. The van der Waals surface area contributed by atoms with E-state index >= 15 is 0 Å². The van der Waals surface area contributed by atoms with Crippen LogP contribution in [0.5, 0.6) is 11.5 Å². The second-order valence-electron chi connectivity index (χ2n) is 5.23. The summed E-state index contributed by atoms with van der Waals surface area (Å²) in [5.41, 5.74) is 2.17. The lowest BCUT2D eigenvalue weighted by Gasteiger charge is -2.04. The highest BCUT2D eigenvalue weighted by atomic mass is 32.2. The molecule has 118 valence electrons. The van der Waals surface area contributed by atoms with Gasteiger partial charge in [-0.2, -0.15) is 0 Å². The molecule has 0 spiro atoms. The molecule has 0 saturated heterocycles. The van der Waals surface area contributed by atoms with Crippen LogP contribution < -0.4 is 14.8 Å². The number of sulfone groups is 1. The molecule has 0 amide bonds. The van der Waals surface area contributed by atoms with Gasteiger partial charge in [0.25, 0.3) is 0 Å². The summed E-state index contributed by atoms with van der Waals surface area (Å²) in [6.45, 7) is 0.214. The van der Waals surface area contributed by atoms with Crippen LogP contribution in [0.3, 0.4) is 0 Å². The number of aromatic nitrogens is 2. The van der Waals surface area contributed by atoms with Crippen molar-refractivity contribution in [3.05, 3.63) is 36.4 Å². The minimum atomic E-state index is -3.25. The van der Waals surface area contributed by atoms with E-state index in [1.807, 2.05) is 6.07 Å². The Kier molecular flexibility index (Phi) is 2.95. The Bertz CT molecular complexity index is 970. The number of fused-ring (bicyclic) bond motifs is 2. The fraction of sp³-hybridized carbons (Fsp3) is 0.133. The number of imidazole rings is 1. The topological polar surface area (TPSA) is 93.3 Å². The van der Waals surface area contributed by atoms with E-state index in [1.165, 1.54) is 6.26 Å². The van der Waals surface area contributed by atoms with Crippen LogP contribution in [0, 0.1) is 0 Å². The first kappa shape index (κ1) is 13.9. The number of anilines is 2. The summed E-state index contributed by atoms with van der Waals surface area (Å²) >= 11 is 0. The van der Waals surface area contributed by atoms with Gasteiger partial charge in [0.15, 0.2) is 21.3 Å². The fourth-order valence-electron chi connectivity index (χ4n) is 2.40. The van der Waals surface area contributed by atoms with E-state index in [0.29, 0.717) is 23.1 Å². The van der Waals surface area contributed by atoms with Gasteiger partial charge in [0.2, 0.25) is 12.7 Å². The van der Waals surface area contributed by atoms with Gasteiger partial charge in [-0.1, -0.05) is 6.07 Å². The highest BCUT2D eigenvalue weighted by Crippen LogP contribution is 2.35. The molecular weight excluding hydrogens is 318 g/mol. The first-order chi connectivity index (χ1) is 11.0. The SMILES string of the molecule is CS(=O)(=O)c1cccc(Nc2nc3cc4c(cc3[nH]2)OCO4)c1. The van der Waals surface area contributed by atoms with E-state index in [9.17, 15) is 8.42 Å². The van der Waals surface area contributed by atoms with Crippen LogP contribution >= 0.6 is 0 Å². The molecule has 4 rings (SSSR count). The van der Waals surface area contributed by atoms with Crippen LogP contribution in [0.25, 0.3) is 11.0 Å². The third-order valence-corrected chi connectivity index (χ3v) is 4.61. The molecule has 0 atom stereocenters. The molecule has 0 radical (unpaired) electrons. The van der Waals surface area contributed by atoms with Gasteiger partial charge in [-0.3, -0.25) is 0 Å². The predicted octanol–water partition coefficient (Wildman–Crippen LogP) is 2.44. The number of benzene rings is 2. The van der Waals surface area contributed by atoms with E-state index in [4.69, 9.17) is 9.47 Å². The fourth-order valence-corrected chi connectivity index (χ4v) is 3.07. The summed E-state index contributed by atoms with van der Waals surface area (Å²) in [7, 11) is -3.25.